The van der Waals surface area contributed by atoms with Crippen molar-refractivity contribution in [2.75, 3.05) is 6.54 Å². The minimum atomic E-state index is 0.713. The molecular formula is C11H15N5. The Bertz CT molecular complexity index is 423. The summed E-state index contributed by atoms with van der Waals surface area (Å²) in [5.41, 5.74) is 0. The van der Waals surface area contributed by atoms with Crippen LogP contribution in [0.25, 0.3) is 5.82 Å². The SMILES string of the molecule is CCCNCc1ncnn1-c1ccccn1. The largest absolute Gasteiger partial charge is 0.310 e. The van der Waals surface area contributed by atoms with Gasteiger partial charge in [-0.15, -0.1) is 0 Å². The standard InChI is InChI=1S/C11H15N5/c1-2-6-12-8-11-14-9-15-16(11)10-5-3-4-7-13-10/h3-5,7,9,12H,2,6,8H2,1H3. The molecule has 2 rings (SSSR count). The second-order valence-electron chi connectivity index (χ2n) is 3.45. The summed E-state index contributed by atoms with van der Waals surface area (Å²) in [7, 11) is 0. The van der Waals surface area contributed by atoms with Gasteiger partial charge in [0, 0.05) is 6.20 Å². The first kappa shape index (κ1) is 10.8. The quantitative estimate of drug-likeness (QED) is 0.764. The summed E-state index contributed by atoms with van der Waals surface area (Å²) in [6, 6.07) is 5.74. The lowest BCUT2D eigenvalue weighted by Gasteiger charge is -2.05. The Balaban J connectivity index is 2.13. The highest BCUT2D eigenvalue weighted by molar-refractivity contribution is 5.20. The highest BCUT2D eigenvalue weighted by atomic mass is 15.4. The fourth-order valence-electron chi connectivity index (χ4n) is 1.43. The number of hydrogen-bond donors (Lipinski definition) is 1. The average Bonchev–Trinajstić information content (AvgIpc) is 2.79. The van der Waals surface area contributed by atoms with Gasteiger partial charge in [0.2, 0.25) is 0 Å². The van der Waals surface area contributed by atoms with Crippen LogP contribution < -0.4 is 5.32 Å². The van der Waals surface area contributed by atoms with Crippen LogP contribution in [-0.4, -0.2) is 26.3 Å². The maximum Gasteiger partial charge on any atom is 0.155 e. The summed E-state index contributed by atoms with van der Waals surface area (Å²) >= 11 is 0. The van der Waals surface area contributed by atoms with Crippen molar-refractivity contribution in [1.29, 1.82) is 0 Å². The van der Waals surface area contributed by atoms with Crippen molar-refractivity contribution < 1.29 is 0 Å². The van der Waals surface area contributed by atoms with Gasteiger partial charge in [-0.1, -0.05) is 13.0 Å². The first-order valence-corrected chi connectivity index (χ1v) is 5.43. The minimum absolute atomic E-state index is 0.713. The molecule has 84 valence electrons. The van der Waals surface area contributed by atoms with Gasteiger partial charge in [-0.2, -0.15) is 9.78 Å². The van der Waals surface area contributed by atoms with Gasteiger partial charge < -0.3 is 5.32 Å². The fraction of sp³-hybridized carbons (Fsp3) is 0.364. The van der Waals surface area contributed by atoms with Gasteiger partial charge in [0.1, 0.15) is 12.2 Å². The van der Waals surface area contributed by atoms with Crippen molar-refractivity contribution in [2.45, 2.75) is 19.9 Å². The molecule has 0 spiro atoms. The first-order valence-electron chi connectivity index (χ1n) is 5.43. The van der Waals surface area contributed by atoms with Gasteiger partial charge in [-0.25, -0.2) is 9.97 Å². The molecular weight excluding hydrogens is 202 g/mol. The van der Waals surface area contributed by atoms with E-state index < -0.39 is 0 Å². The predicted octanol–water partition coefficient (Wildman–Crippen LogP) is 1.16. The molecule has 0 amide bonds. The summed E-state index contributed by atoms with van der Waals surface area (Å²) in [4.78, 5) is 8.46. The summed E-state index contributed by atoms with van der Waals surface area (Å²) in [6.45, 7) is 3.83. The molecule has 0 unspecified atom stereocenters. The first-order chi connectivity index (χ1) is 7.92. The van der Waals surface area contributed by atoms with Gasteiger partial charge >= 0.3 is 0 Å². The van der Waals surface area contributed by atoms with Gasteiger partial charge in [-0.3, -0.25) is 0 Å². The second-order valence-corrected chi connectivity index (χ2v) is 3.45. The zero-order valence-corrected chi connectivity index (χ0v) is 9.30. The molecule has 0 aromatic carbocycles. The Morgan fingerprint density at radius 2 is 2.25 bits per heavy atom. The molecule has 5 heteroatoms. The highest BCUT2D eigenvalue weighted by Crippen LogP contribution is 2.03. The maximum absolute atomic E-state index is 4.24. The molecule has 0 aliphatic rings. The summed E-state index contributed by atoms with van der Waals surface area (Å²) in [6.07, 6.45) is 4.41. The molecule has 2 heterocycles. The Morgan fingerprint density at radius 3 is 3.00 bits per heavy atom. The van der Waals surface area contributed by atoms with Crippen LogP contribution in [0.3, 0.4) is 0 Å². The third-order valence-electron chi connectivity index (χ3n) is 2.19. The van der Waals surface area contributed by atoms with Crippen LogP contribution in [0.5, 0.6) is 0 Å². The third kappa shape index (κ3) is 2.43. The van der Waals surface area contributed by atoms with E-state index in [2.05, 4.69) is 27.3 Å². The summed E-state index contributed by atoms with van der Waals surface area (Å²) in [5.74, 6) is 1.68. The van der Waals surface area contributed by atoms with Gasteiger partial charge in [0.25, 0.3) is 0 Å². The van der Waals surface area contributed by atoms with E-state index >= 15 is 0 Å². The van der Waals surface area contributed by atoms with Crippen LogP contribution in [0.15, 0.2) is 30.7 Å². The molecule has 0 fully saturated rings. The highest BCUT2D eigenvalue weighted by Gasteiger charge is 2.05. The van der Waals surface area contributed by atoms with E-state index in [1.165, 1.54) is 0 Å². The predicted molar refractivity (Wildman–Crippen MR) is 61.2 cm³/mol. The van der Waals surface area contributed by atoms with Crippen LogP contribution in [-0.2, 0) is 6.54 Å². The Morgan fingerprint density at radius 1 is 1.31 bits per heavy atom. The molecule has 0 aliphatic carbocycles. The number of nitrogens with zero attached hydrogens (tertiary/aromatic N) is 4. The molecule has 0 saturated heterocycles. The number of nitrogens with one attached hydrogen (secondary N) is 1. The molecule has 2 aromatic rings. The molecule has 5 nitrogen and oxygen atoms in total. The zero-order valence-electron chi connectivity index (χ0n) is 9.30. The van der Waals surface area contributed by atoms with Crippen molar-refractivity contribution >= 4 is 0 Å². The Kier molecular flexibility index (Phi) is 3.61. The smallest absolute Gasteiger partial charge is 0.155 e. The molecule has 2 aromatic heterocycles. The van der Waals surface area contributed by atoms with E-state index in [-0.39, 0.29) is 0 Å². The number of hydrogen-bond acceptors (Lipinski definition) is 4. The molecule has 0 bridgehead atoms. The second kappa shape index (κ2) is 5.37. The van der Waals surface area contributed by atoms with E-state index in [1.54, 1.807) is 17.2 Å². The van der Waals surface area contributed by atoms with Crippen LogP contribution >= 0.6 is 0 Å². The van der Waals surface area contributed by atoms with E-state index in [0.29, 0.717) is 6.54 Å². The van der Waals surface area contributed by atoms with Gasteiger partial charge in [0.05, 0.1) is 6.54 Å². The Hall–Kier alpha value is -1.75. The van der Waals surface area contributed by atoms with E-state index in [1.807, 2.05) is 18.2 Å². The van der Waals surface area contributed by atoms with E-state index in [9.17, 15) is 0 Å². The monoisotopic (exact) mass is 217 g/mol. The lowest BCUT2D eigenvalue weighted by Crippen LogP contribution is -2.18. The topological polar surface area (TPSA) is 55.6 Å². The molecule has 0 aliphatic heterocycles. The molecule has 0 atom stereocenters. The van der Waals surface area contributed by atoms with Crippen LogP contribution in [0.2, 0.25) is 0 Å². The van der Waals surface area contributed by atoms with Crippen LogP contribution in [0.1, 0.15) is 19.2 Å². The van der Waals surface area contributed by atoms with Crippen molar-refractivity contribution in [3.63, 3.8) is 0 Å². The van der Waals surface area contributed by atoms with E-state index in [0.717, 1.165) is 24.6 Å². The van der Waals surface area contributed by atoms with Gasteiger partial charge in [-0.05, 0) is 25.1 Å². The van der Waals surface area contributed by atoms with Crippen molar-refractivity contribution in [1.82, 2.24) is 25.1 Å². The van der Waals surface area contributed by atoms with Crippen LogP contribution in [0.4, 0.5) is 0 Å². The normalized spacial score (nSPS) is 10.6. The zero-order chi connectivity index (χ0) is 11.2. The molecule has 0 radical (unpaired) electrons. The van der Waals surface area contributed by atoms with E-state index in [4.69, 9.17) is 0 Å². The van der Waals surface area contributed by atoms with Crippen molar-refractivity contribution in [3.05, 3.63) is 36.5 Å². The van der Waals surface area contributed by atoms with Crippen molar-refractivity contribution in [2.24, 2.45) is 0 Å². The molecule has 0 saturated carbocycles. The third-order valence-corrected chi connectivity index (χ3v) is 2.19. The average molecular weight is 217 g/mol. The number of rotatable bonds is 5. The summed E-state index contributed by atoms with van der Waals surface area (Å²) < 4.78 is 1.75. The van der Waals surface area contributed by atoms with Gasteiger partial charge in [0.15, 0.2) is 5.82 Å². The lowest BCUT2D eigenvalue weighted by molar-refractivity contribution is 0.629. The Labute approximate surface area is 94.5 Å². The number of pyridine rings is 1. The summed E-state index contributed by atoms with van der Waals surface area (Å²) in [5, 5.41) is 7.46. The molecule has 16 heavy (non-hydrogen) atoms. The van der Waals surface area contributed by atoms with Crippen LogP contribution in [0, 0.1) is 0 Å². The maximum atomic E-state index is 4.24. The minimum Gasteiger partial charge on any atom is -0.310 e. The number of aromatic nitrogens is 4. The fourth-order valence-corrected chi connectivity index (χ4v) is 1.43. The lowest BCUT2D eigenvalue weighted by atomic mass is 10.4. The van der Waals surface area contributed by atoms with Crippen molar-refractivity contribution in [3.8, 4) is 5.82 Å². The molecule has 1 N–H and O–H groups in total.